The fourth-order valence-electron chi connectivity index (χ4n) is 5.04. The molecule has 3 fully saturated rings. The molecular formula is C25H26FN3O5. The molecule has 4 unspecified atom stereocenters. The van der Waals surface area contributed by atoms with Gasteiger partial charge in [-0.15, -0.1) is 0 Å². The van der Waals surface area contributed by atoms with Crippen LogP contribution in [-0.4, -0.2) is 72.0 Å². The molecule has 34 heavy (non-hydrogen) atoms. The molecule has 0 bridgehead atoms. The average molecular weight is 467 g/mol. The maximum atomic E-state index is 13.4. The molecule has 3 aliphatic rings. The van der Waals surface area contributed by atoms with Gasteiger partial charge >= 0.3 is 0 Å². The molecule has 3 amide bonds. The predicted octanol–water partition coefficient (Wildman–Crippen LogP) is 1.73. The van der Waals surface area contributed by atoms with Gasteiger partial charge in [0.2, 0.25) is 11.8 Å². The minimum Gasteiger partial charge on any atom is -0.497 e. The highest BCUT2D eigenvalue weighted by atomic mass is 19.1. The van der Waals surface area contributed by atoms with E-state index in [4.69, 9.17) is 9.47 Å². The molecule has 3 aliphatic heterocycles. The number of fused-ring (bicyclic) bond motifs is 2. The van der Waals surface area contributed by atoms with Crippen LogP contribution in [0, 0.1) is 5.82 Å². The highest BCUT2D eigenvalue weighted by molar-refractivity contribution is 6.00. The molecule has 0 aliphatic carbocycles. The van der Waals surface area contributed by atoms with Crippen molar-refractivity contribution in [1.82, 2.24) is 15.1 Å². The topological polar surface area (TPSA) is 88.2 Å². The summed E-state index contributed by atoms with van der Waals surface area (Å²) in [5, 5.41) is 2.94. The van der Waals surface area contributed by atoms with Crippen molar-refractivity contribution in [2.75, 3.05) is 20.2 Å². The highest BCUT2D eigenvalue weighted by Crippen LogP contribution is 2.33. The van der Waals surface area contributed by atoms with E-state index in [0.717, 1.165) is 5.56 Å². The van der Waals surface area contributed by atoms with E-state index in [0.29, 0.717) is 37.2 Å². The van der Waals surface area contributed by atoms with Gasteiger partial charge in [0.1, 0.15) is 23.7 Å². The molecular weight excluding hydrogens is 441 g/mol. The van der Waals surface area contributed by atoms with E-state index in [2.05, 4.69) is 5.32 Å². The van der Waals surface area contributed by atoms with E-state index in [9.17, 15) is 18.8 Å². The van der Waals surface area contributed by atoms with Crippen molar-refractivity contribution >= 4 is 17.7 Å². The van der Waals surface area contributed by atoms with Gasteiger partial charge in [-0.2, -0.15) is 0 Å². The van der Waals surface area contributed by atoms with E-state index in [1.807, 2.05) is 0 Å². The Labute approximate surface area is 196 Å². The van der Waals surface area contributed by atoms with Crippen LogP contribution in [0.1, 0.15) is 28.8 Å². The summed E-state index contributed by atoms with van der Waals surface area (Å²) >= 11 is 0. The molecule has 0 saturated carbocycles. The molecule has 0 aromatic heterocycles. The molecule has 3 heterocycles. The number of carbonyl (C=O) groups is 3. The van der Waals surface area contributed by atoms with Crippen LogP contribution in [0.25, 0.3) is 0 Å². The number of carbonyl (C=O) groups excluding carboxylic acids is 3. The largest absolute Gasteiger partial charge is 0.497 e. The van der Waals surface area contributed by atoms with Crippen LogP contribution < -0.4 is 10.1 Å². The number of nitrogens with zero attached hydrogens (tertiary/aromatic N) is 2. The zero-order valence-electron chi connectivity index (χ0n) is 18.8. The SMILES string of the molecule is COc1ccc(C(=O)NC2CCN3C(=O)C4CC(OCc5ccc(F)cc5)CN4C(=O)C23)cc1. The fraction of sp³-hybridized carbons (Fsp3) is 0.400. The monoisotopic (exact) mass is 467 g/mol. The Balaban J connectivity index is 1.24. The molecule has 1 N–H and O–H groups in total. The molecule has 2 aromatic carbocycles. The lowest BCUT2D eigenvalue weighted by atomic mass is 10.0. The number of nitrogens with one attached hydrogen (secondary N) is 1. The normalized spacial score (nSPS) is 25.8. The number of amides is 3. The lowest BCUT2D eigenvalue weighted by Crippen LogP contribution is -2.64. The van der Waals surface area contributed by atoms with Gasteiger partial charge in [-0.3, -0.25) is 14.4 Å². The molecule has 2 aromatic rings. The van der Waals surface area contributed by atoms with E-state index < -0.39 is 18.1 Å². The number of ether oxygens (including phenoxy) is 2. The fourth-order valence-corrected chi connectivity index (χ4v) is 5.04. The van der Waals surface area contributed by atoms with Crippen molar-refractivity contribution in [2.24, 2.45) is 0 Å². The summed E-state index contributed by atoms with van der Waals surface area (Å²) in [4.78, 5) is 42.5. The summed E-state index contributed by atoms with van der Waals surface area (Å²) in [5.41, 5.74) is 1.29. The van der Waals surface area contributed by atoms with Gasteiger partial charge in [0, 0.05) is 25.1 Å². The lowest BCUT2D eigenvalue weighted by Gasteiger charge is -2.40. The van der Waals surface area contributed by atoms with Crippen molar-refractivity contribution in [3.05, 3.63) is 65.5 Å². The maximum absolute atomic E-state index is 13.4. The third kappa shape index (κ3) is 4.11. The molecule has 178 valence electrons. The third-order valence-electron chi connectivity index (χ3n) is 6.83. The number of halogens is 1. The first kappa shape index (κ1) is 22.3. The van der Waals surface area contributed by atoms with Crippen LogP contribution in [0.3, 0.4) is 0 Å². The van der Waals surface area contributed by atoms with Gasteiger partial charge in [0.15, 0.2) is 0 Å². The van der Waals surface area contributed by atoms with Gasteiger partial charge in [-0.25, -0.2) is 4.39 Å². The molecule has 8 nitrogen and oxygen atoms in total. The Bertz CT molecular complexity index is 1090. The number of hydrogen-bond acceptors (Lipinski definition) is 5. The van der Waals surface area contributed by atoms with Crippen LogP contribution in [-0.2, 0) is 20.9 Å². The average Bonchev–Trinajstić information content (AvgIpc) is 3.47. The van der Waals surface area contributed by atoms with Crippen molar-refractivity contribution < 1.29 is 28.2 Å². The zero-order chi connectivity index (χ0) is 23.8. The van der Waals surface area contributed by atoms with Gasteiger partial charge < -0.3 is 24.6 Å². The first-order valence-electron chi connectivity index (χ1n) is 11.4. The van der Waals surface area contributed by atoms with Crippen LogP contribution >= 0.6 is 0 Å². The predicted molar refractivity (Wildman–Crippen MR) is 119 cm³/mol. The van der Waals surface area contributed by atoms with Crippen molar-refractivity contribution in [2.45, 2.75) is 43.7 Å². The van der Waals surface area contributed by atoms with Crippen LogP contribution in [0.4, 0.5) is 4.39 Å². The Kier molecular flexibility index (Phi) is 5.95. The van der Waals surface area contributed by atoms with Crippen LogP contribution in [0.15, 0.2) is 48.5 Å². The summed E-state index contributed by atoms with van der Waals surface area (Å²) in [5.74, 6) is -0.215. The van der Waals surface area contributed by atoms with E-state index >= 15 is 0 Å². The third-order valence-corrected chi connectivity index (χ3v) is 6.83. The summed E-state index contributed by atoms with van der Waals surface area (Å²) < 4.78 is 24.2. The first-order chi connectivity index (χ1) is 16.4. The van der Waals surface area contributed by atoms with E-state index in [-0.39, 0.29) is 36.2 Å². The van der Waals surface area contributed by atoms with Gasteiger partial charge in [-0.05, 0) is 48.4 Å². The Morgan fingerprint density at radius 1 is 1.06 bits per heavy atom. The summed E-state index contributed by atoms with van der Waals surface area (Å²) in [6.45, 7) is 1.02. The van der Waals surface area contributed by atoms with E-state index in [1.165, 1.54) is 12.1 Å². The molecule has 3 saturated heterocycles. The number of hydrogen-bond donors (Lipinski definition) is 1. The lowest BCUT2D eigenvalue weighted by molar-refractivity contribution is -0.157. The maximum Gasteiger partial charge on any atom is 0.251 e. The molecule has 9 heteroatoms. The van der Waals surface area contributed by atoms with Gasteiger partial charge in [0.25, 0.3) is 5.91 Å². The Morgan fingerprint density at radius 3 is 2.50 bits per heavy atom. The van der Waals surface area contributed by atoms with Gasteiger partial charge in [0.05, 0.1) is 25.9 Å². The minimum absolute atomic E-state index is 0.0984. The second kappa shape index (κ2) is 9.06. The number of methoxy groups -OCH3 is 1. The van der Waals surface area contributed by atoms with Crippen LogP contribution in [0.2, 0.25) is 0 Å². The first-order valence-corrected chi connectivity index (χ1v) is 11.4. The molecule has 5 rings (SSSR count). The second-order valence-electron chi connectivity index (χ2n) is 8.88. The quantitative estimate of drug-likeness (QED) is 0.699. The Morgan fingerprint density at radius 2 is 1.79 bits per heavy atom. The van der Waals surface area contributed by atoms with E-state index in [1.54, 1.807) is 53.3 Å². The molecule has 0 spiro atoms. The summed E-state index contributed by atoms with van der Waals surface area (Å²) in [6, 6.07) is 11.1. The smallest absolute Gasteiger partial charge is 0.251 e. The summed E-state index contributed by atoms with van der Waals surface area (Å²) in [6.07, 6.45) is 0.669. The van der Waals surface area contributed by atoms with Crippen molar-refractivity contribution in [1.29, 1.82) is 0 Å². The van der Waals surface area contributed by atoms with Crippen LogP contribution in [0.5, 0.6) is 5.75 Å². The summed E-state index contributed by atoms with van der Waals surface area (Å²) in [7, 11) is 1.55. The molecule has 4 atom stereocenters. The highest BCUT2D eigenvalue weighted by Gasteiger charge is 2.55. The number of rotatable bonds is 6. The minimum atomic E-state index is -0.707. The Hall–Kier alpha value is -3.46. The number of piperazine rings is 1. The molecule has 0 radical (unpaired) electrons. The standard InChI is InChI=1S/C25H26FN3O5/c1-33-18-8-4-16(5-9-18)23(30)27-20-10-11-28-22(20)25(32)29-13-19(12-21(29)24(28)31)34-14-15-2-6-17(26)7-3-15/h2-9,19-22H,10-14H2,1H3,(H,27,30). The van der Waals surface area contributed by atoms with Crippen molar-refractivity contribution in [3.8, 4) is 5.75 Å². The second-order valence-corrected chi connectivity index (χ2v) is 8.88. The zero-order valence-corrected chi connectivity index (χ0v) is 18.8. The van der Waals surface area contributed by atoms with Gasteiger partial charge in [-0.1, -0.05) is 12.1 Å². The van der Waals surface area contributed by atoms with Crippen molar-refractivity contribution in [3.63, 3.8) is 0 Å². The number of benzene rings is 2.